The second kappa shape index (κ2) is 7.68. The topological polar surface area (TPSA) is 58.4 Å². The molecule has 0 atom stereocenters. The van der Waals surface area contributed by atoms with Crippen LogP contribution in [0.15, 0.2) is 10.6 Å². The first-order valence-corrected chi connectivity index (χ1v) is 9.57. The lowest BCUT2D eigenvalue weighted by Crippen LogP contribution is -2.56. The van der Waals surface area contributed by atoms with E-state index >= 15 is 0 Å². The molecule has 2 aliphatic rings. The molecule has 24 heavy (non-hydrogen) atoms. The Hall–Kier alpha value is -1.36. The summed E-state index contributed by atoms with van der Waals surface area (Å²) >= 11 is 0. The molecule has 1 aliphatic carbocycles. The first kappa shape index (κ1) is 17.5. The molecular formula is C19H31N3O2. The summed E-state index contributed by atoms with van der Waals surface area (Å²) in [5.74, 6) is 0.765. The van der Waals surface area contributed by atoms with Gasteiger partial charge in [-0.05, 0) is 51.1 Å². The molecule has 0 radical (unpaired) electrons. The third-order valence-electron chi connectivity index (χ3n) is 5.31. The van der Waals surface area contributed by atoms with Crippen molar-refractivity contribution in [1.29, 1.82) is 0 Å². The highest BCUT2D eigenvalue weighted by Gasteiger charge is 2.36. The van der Waals surface area contributed by atoms with E-state index in [0.717, 1.165) is 31.5 Å². The molecule has 5 heteroatoms. The molecule has 0 unspecified atom stereocenters. The van der Waals surface area contributed by atoms with Crippen molar-refractivity contribution in [2.45, 2.75) is 70.8 Å². The molecule has 1 aliphatic heterocycles. The fourth-order valence-electron chi connectivity index (χ4n) is 4.16. The molecule has 5 nitrogen and oxygen atoms in total. The molecule has 134 valence electrons. The minimum absolute atomic E-state index is 0.0926. The molecule has 1 aromatic rings. The van der Waals surface area contributed by atoms with Crippen LogP contribution in [0.1, 0.15) is 75.0 Å². The smallest absolute Gasteiger partial charge is 0.290 e. The number of hydrogen-bond donors (Lipinski definition) is 1. The van der Waals surface area contributed by atoms with Crippen LogP contribution in [0.2, 0.25) is 0 Å². The van der Waals surface area contributed by atoms with Crippen molar-refractivity contribution in [3.05, 3.63) is 17.5 Å². The molecule has 0 spiro atoms. The standard InChI is InChI=1S/C19H31N3O2/c1-15(2)12-16-13-17(24-21-16)18(23)20-19(8-4-3-5-9-19)14-22-10-6-7-11-22/h13,15H,3-12,14H2,1-2H3,(H,20,23). The molecule has 2 fully saturated rings. The predicted octanol–water partition coefficient (Wildman–Crippen LogP) is 3.40. The zero-order chi connectivity index (χ0) is 17.0. The second-order valence-corrected chi connectivity index (χ2v) is 8.06. The summed E-state index contributed by atoms with van der Waals surface area (Å²) in [4.78, 5) is 15.2. The maximum Gasteiger partial charge on any atom is 0.290 e. The number of aromatic nitrogens is 1. The maximum absolute atomic E-state index is 12.7. The largest absolute Gasteiger partial charge is 0.351 e. The molecule has 2 heterocycles. The third-order valence-corrected chi connectivity index (χ3v) is 5.31. The van der Waals surface area contributed by atoms with Gasteiger partial charge in [0.2, 0.25) is 5.76 Å². The van der Waals surface area contributed by atoms with Crippen LogP contribution in [0.25, 0.3) is 0 Å². The molecule has 1 aromatic heterocycles. The monoisotopic (exact) mass is 333 g/mol. The predicted molar refractivity (Wildman–Crippen MR) is 94.0 cm³/mol. The van der Waals surface area contributed by atoms with Gasteiger partial charge in [-0.3, -0.25) is 4.79 Å². The van der Waals surface area contributed by atoms with Crippen molar-refractivity contribution in [2.24, 2.45) is 5.92 Å². The molecule has 3 rings (SSSR count). The lowest BCUT2D eigenvalue weighted by molar-refractivity contribution is 0.0786. The van der Waals surface area contributed by atoms with E-state index in [1.165, 1.54) is 45.2 Å². The second-order valence-electron chi connectivity index (χ2n) is 8.06. The van der Waals surface area contributed by atoms with E-state index in [0.29, 0.717) is 11.7 Å². The molecule has 1 amide bonds. The van der Waals surface area contributed by atoms with Crippen LogP contribution in [0.5, 0.6) is 0 Å². The average Bonchev–Trinajstić information content (AvgIpc) is 3.19. The van der Waals surface area contributed by atoms with Crippen LogP contribution in [-0.2, 0) is 6.42 Å². The van der Waals surface area contributed by atoms with Crippen LogP contribution in [0.4, 0.5) is 0 Å². The lowest BCUT2D eigenvalue weighted by atomic mass is 9.81. The average molecular weight is 333 g/mol. The van der Waals surface area contributed by atoms with E-state index in [2.05, 4.69) is 29.2 Å². The highest BCUT2D eigenvalue weighted by molar-refractivity contribution is 5.92. The van der Waals surface area contributed by atoms with Crippen molar-refractivity contribution in [1.82, 2.24) is 15.4 Å². The SMILES string of the molecule is CC(C)Cc1cc(C(=O)NC2(CN3CCCC3)CCCCC2)on1. The van der Waals surface area contributed by atoms with Gasteiger partial charge in [0.15, 0.2) is 0 Å². The Bertz CT molecular complexity index is 541. The zero-order valence-electron chi connectivity index (χ0n) is 15.1. The summed E-state index contributed by atoms with van der Waals surface area (Å²) < 4.78 is 5.31. The van der Waals surface area contributed by atoms with Gasteiger partial charge in [-0.2, -0.15) is 0 Å². The van der Waals surface area contributed by atoms with E-state index in [-0.39, 0.29) is 11.4 Å². The Balaban J connectivity index is 1.67. The van der Waals surface area contributed by atoms with Crippen molar-refractivity contribution in [3.63, 3.8) is 0 Å². The first-order chi connectivity index (χ1) is 11.6. The highest BCUT2D eigenvalue weighted by Crippen LogP contribution is 2.30. The van der Waals surface area contributed by atoms with E-state index in [4.69, 9.17) is 4.52 Å². The number of nitrogens with zero attached hydrogens (tertiary/aromatic N) is 2. The first-order valence-electron chi connectivity index (χ1n) is 9.57. The fourth-order valence-corrected chi connectivity index (χ4v) is 4.16. The molecule has 1 saturated heterocycles. The summed E-state index contributed by atoms with van der Waals surface area (Å²) in [6.07, 6.45) is 9.22. The lowest BCUT2D eigenvalue weighted by Gasteiger charge is -2.40. The minimum atomic E-state index is -0.0985. The molecule has 0 aromatic carbocycles. The van der Waals surface area contributed by atoms with Gasteiger partial charge < -0.3 is 14.7 Å². The van der Waals surface area contributed by atoms with Gasteiger partial charge in [-0.1, -0.05) is 38.3 Å². The summed E-state index contributed by atoms with van der Waals surface area (Å²) in [7, 11) is 0. The quantitative estimate of drug-likeness (QED) is 0.867. The van der Waals surface area contributed by atoms with E-state index in [1.807, 2.05) is 6.07 Å². The van der Waals surface area contributed by atoms with Crippen molar-refractivity contribution < 1.29 is 9.32 Å². The van der Waals surface area contributed by atoms with Crippen molar-refractivity contribution in [2.75, 3.05) is 19.6 Å². The third kappa shape index (κ3) is 4.38. The molecule has 1 N–H and O–H groups in total. The summed E-state index contributed by atoms with van der Waals surface area (Å²) in [6.45, 7) is 7.59. The van der Waals surface area contributed by atoms with Crippen molar-refractivity contribution >= 4 is 5.91 Å². The number of carbonyl (C=O) groups is 1. The number of amides is 1. The number of hydrogen-bond acceptors (Lipinski definition) is 4. The normalized spacial score (nSPS) is 21.3. The summed E-state index contributed by atoms with van der Waals surface area (Å²) in [6, 6.07) is 1.81. The van der Waals surface area contributed by atoms with Crippen LogP contribution >= 0.6 is 0 Å². The molecule has 0 bridgehead atoms. The summed E-state index contributed by atoms with van der Waals surface area (Å²) in [5, 5.41) is 7.38. The van der Waals surface area contributed by atoms with E-state index in [9.17, 15) is 4.79 Å². The van der Waals surface area contributed by atoms with Gasteiger partial charge in [-0.25, -0.2) is 0 Å². The van der Waals surface area contributed by atoms with Gasteiger partial charge in [0.1, 0.15) is 0 Å². The Kier molecular flexibility index (Phi) is 5.59. The maximum atomic E-state index is 12.7. The Morgan fingerprint density at radius 3 is 2.62 bits per heavy atom. The van der Waals surface area contributed by atoms with Crippen LogP contribution in [0.3, 0.4) is 0 Å². The summed E-state index contributed by atoms with van der Waals surface area (Å²) in [5.41, 5.74) is 0.775. The van der Waals surface area contributed by atoms with Gasteiger partial charge in [0, 0.05) is 12.6 Å². The minimum Gasteiger partial charge on any atom is -0.351 e. The van der Waals surface area contributed by atoms with E-state index in [1.54, 1.807) is 0 Å². The van der Waals surface area contributed by atoms with Gasteiger partial charge >= 0.3 is 0 Å². The Morgan fingerprint density at radius 2 is 1.96 bits per heavy atom. The molecule has 1 saturated carbocycles. The number of rotatable bonds is 6. The Morgan fingerprint density at radius 1 is 1.25 bits per heavy atom. The van der Waals surface area contributed by atoms with Gasteiger partial charge in [-0.15, -0.1) is 0 Å². The number of nitrogens with one attached hydrogen (secondary N) is 1. The van der Waals surface area contributed by atoms with Crippen LogP contribution < -0.4 is 5.32 Å². The van der Waals surface area contributed by atoms with Crippen LogP contribution in [0, 0.1) is 5.92 Å². The fraction of sp³-hybridized carbons (Fsp3) is 0.789. The van der Waals surface area contributed by atoms with Gasteiger partial charge in [0.25, 0.3) is 5.91 Å². The molecular weight excluding hydrogens is 302 g/mol. The zero-order valence-corrected chi connectivity index (χ0v) is 15.1. The Labute approximate surface area is 145 Å². The highest BCUT2D eigenvalue weighted by atomic mass is 16.5. The van der Waals surface area contributed by atoms with Gasteiger partial charge in [0.05, 0.1) is 11.2 Å². The number of carbonyl (C=O) groups excluding carboxylic acids is 1. The number of likely N-dealkylation sites (tertiary alicyclic amines) is 1. The van der Waals surface area contributed by atoms with Crippen LogP contribution in [-0.4, -0.2) is 41.1 Å². The van der Waals surface area contributed by atoms with E-state index < -0.39 is 0 Å². The van der Waals surface area contributed by atoms with Crippen molar-refractivity contribution in [3.8, 4) is 0 Å².